The highest BCUT2D eigenvalue weighted by Crippen LogP contribution is 2.22. The molecule has 0 spiro atoms. The molecule has 0 aliphatic carbocycles. The monoisotopic (exact) mass is 250 g/mol. The van der Waals surface area contributed by atoms with E-state index in [4.69, 9.17) is 5.11 Å². The lowest BCUT2D eigenvalue weighted by atomic mass is 10.1. The fourth-order valence-corrected chi connectivity index (χ4v) is 2.62. The van der Waals surface area contributed by atoms with Gasteiger partial charge in [-0.1, -0.05) is 6.07 Å². The van der Waals surface area contributed by atoms with E-state index in [0.29, 0.717) is 6.54 Å². The molecule has 0 aliphatic rings. The summed E-state index contributed by atoms with van der Waals surface area (Å²) >= 11 is 1.69. The molecule has 0 saturated carbocycles. The number of aryl methyl sites for hydroxylation is 2. The molecule has 2 rings (SSSR count). The summed E-state index contributed by atoms with van der Waals surface area (Å²) in [6.07, 6.45) is 0.737. The lowest BCUT2D eigenvalue weighted by molar-refractivity contribution is 0.194. The Morgan fingerprint density at radius 1 is 1.53 bits per heavy atom. The molecule has 1 aromatic heterocycles. The first-order valence-electron chi connectivity index (χ1n) is 5.48. The lowest BCUT2D eigenvalue weighted by Gasteiger charge is -2.01. The van der Waals surface area contributed by atoms with Gasteiger partial charge in [0.15, 0.2) is 0 Å². The first-order valence-corrected chi connectivity index (χ1v) is 6.29. The summed E-state index contributed by atoms with van der Waals surface area (Å²) in [6.45, 7) is 2.50. The standard InChI is InChI=1S/C12H14N2O2S/c1-8-14-10-5-4-9(7-11(10)17-8)3-2-6-13-12(15)16/h4-5,7,13H,2-3,6H2,1H3,(H,15,16). The van der Waals surface area contributed by atoms with Crippen molar-refractivity contribution in [1.29, 1.82) is 0 Å². The fourth-order valence-electron chi connectivity index (χ4n) is 1.73. The van der Waals surface area contributed by atoms with Crippen LogP contribution >= 0.6 is 11.3 Å². The van der Waals surface area contributed by atoms with Gasteiger partial charge in [0.2, 0.25) is 0 Å². The van der Waals surface area contributed by atoms with Crippen LogP contribution in [0.2, 0.25) is 0 Å². The molecule has 2 N–H and O–H groups in total. The third-order valence-corrected chi connectivity index (χ3v) is 3.41. The number of hydrogen-bond donors (Lipinski definition) is 2. The largest absolute Gasteiger partial charge is 0.465 e. The zero-order valence-electron chi connectivity index (χ0n) is 9.56. The molecule has 5 heteroatoms. The van der Waals surface area contributed by atoms with E-state index in [1.165, 1.54) is 10.3 Å². The number of carboxylic acid groups (broad SMARTS) is 1. The second-order valence-corrected chi connectivity index (χ2v) is 5.11. The number of nitrogens with one attached hydrogen (secondary N) is 1. The summed E-state index contributed by atoms with van der Waals surface area (Å²) in [5, 5.41) is 11.9. The predicted octanol–water partition coefficient (Wildman–Crippen LogP) is 2.80. The zero-order valence-corrected chi connectivity index (χ0v) is 10.4. The molecular weight excluding hydrogens is 236 g/mol. The Balaban J connectivity index is 1.96. The zero-order chi connectivity index (χ0) is 12.3. The van der Waals surface area contributed by atoms with E-state index in [9.17, 15) is 4.79 Å². The van der Waals surface area contributed by atoms with Crippen LogP contribution in [0, 0.1) is 6.92 Å². The number of fused-ring (bicyclic) bond motifs is 1. The Labute approximate surface area is 103 Å². The number of benzene rings is 1. The van der Waals surface area contributed by atoms with Crippen molar-refractivity contribution in [2.45, 2.75) is 19.8 Å². The number of nitrogens with zero attached hydrogens (tertiary/aromatic N) is 1. The molecule has 0 aliphatic heterocycles. The molecule has 0 atom stereocenters. The molecule has 0 radical (unpaired) electrons. The van der Waals surface area contributed by atoms with E-state index >= 15 is 0 Å². The maximum atomic E-state index is 10.3. The molecule has 4 nitrogen and oxygen atoms in total. The van der Waals surface area contributed by atoms with Gasteiger partial charge in [-0.3, -0.25) is 0 Å². The van der Waals surface area contributed by atoms with Crippen molar-refractivity contribution in [2.24, 2.45) is 0 Å². The van der Waals surface area contributed by atoms with E-state index in [-0.39, 0.29) is 0 Å². The van der Waals surface area contributed by atoms with Crippen LogP contribution in [0.4, 0.5) is 4.79 Å². The molecule has 0 fully saturated rings. The van der Waals surface area contributed by atoms with E-state index in [1.807, 2.05) is 13.0 Å². The van der Waals surface area contributed by atoms with Crippen LogP contribution in [0.25, 0.3) is 10.2 Å². The number of hydrogen-bond acceptors (Lipinski definition) is 3. The van der Waals surface area contributed by atoms with Gasteiger partial charge in [-0.05, 0) is 37.5 Å². The normalized spacial score (nSPS) is 10.6. The molecular formula is C12H14N2O2S. The lowest BCUT2D eigenvalue weighted by Crippen LogP contribution is -2.22. The van der Waals surface area contributed by atoms with E-state index < -0.39 is 6.09 Å². The minimum absolute atomic E-state index is 0.495. The summed E-state index contributed by atoms with van der Waals surface area (Å²) in [6, 6.07) is 6.22. The molecule has 1 amide bonds. The van der Waals surface area contributed by atoms with Crippen LogP contribution in [-0.4, -0.2) is 22.7 Å². The first-order chi connectivity index (χ1) is 8.15. The van der Waals surface area contributed by atoms with Gasteiger partial charge >= 0.3 is 6.09 Å². The van der Waals surface area contributed by atoms with Crippen molar-refractivity contribution in [3.63, 3.8) is 0 Å². The van der Waals surface area contributed by atoms with E-state index in [1.54, 1.807) is 11.3 Å². The number of thiazole rings is 1. The van der Waals surface area contributed by atoms with Crippen LogP contribution in [0.1, 0.15) is 17.0 Å². The molecule has 90 valence electrons. The molecule has 17 heavy (non-hydrogen) atoms. The van der Waals surface area contributed by atoms with Crippen LogP contribution in [0.15, 0.2) is 18.2 Å². The highest BCUT2D eigenvalue weighted by molar-refractivity contribution is 7.18. The maximum absolute atomic E-state index is 10.3. The maximum Gasteiger partial charge on any atom is 0.404 e. The van der Waals surface area contributed by atoms with Gasteiger partial charge in [0.05, 0.1) is 15.2 Å². The smallest absolute Gasteiger partial charge is 0.404 e. The Morgan fingerprint density at radius 2 is 2.35 bits per heavy atom. The van der Waals surface area contributed by atoms with Crippen molar-refractivity contribution in [3.05, 3.63) is 28.8 Å². The molecule has 1 aromatic carbocycles. The number of carbonyl (C=O) groups is 1. The topological polar surface area (TPSA) is 62.2 Å². The molecule has 0 unspecified atom stereocenters. The van der Waals surface area contributed by atoms with Gasteiger partial charge in [-0.2, -0.15) is 0 Å². The summed E-state index contributed by atoms with van der Waals surface area (Å²) < 4.78 is 1.20. The predicted molar refractivity (Wildman–Crippen MR) is 68.7 cm³/mol. The van der Waals surface area contributed by atoms with Gasteiger partial charge in [0.1, 0.15) is 0 Å². The molecule has 0 bridgehead atoms. The van der Waals surface area contributed by atoms with Gasteiger partial charge < -0.3 is 10.4 Å². The van der Waals surface area contributed by atoms with Crippen molar-refractivity contribution < 1.29 is 9.90 Å². The van der Waals surface area contributed by atoms with Crippen molar-refractivity contribution >= 4 is 27.6 Å². The third kappa shape index (κ3) is 3.17. The Bertz CT molecular complexity index is 536. The summed E-state index contributed by atoms with van der Waals surface area (Å²) in [4.78, 5) is 14.7. The molecule has 0 saturated heterocycles. The van der Waals surface area contributed by atoms with E-state index in [0.717, 1.165) is 23.4 Å². The summed E-state index contributed by atoms with van der Waals surface area (Å²) in [5.41, 5.74) is 2.27. The summed E-state index contributed by atoms with van der Waals surface area (Å²) in [5.74, 6) is 0. The highest BCUT2D eigenvalue weighted by Gasteiger charge is 2.02. The van der Waals surface area contributed by atoms with Crippen molar-refractivity contribution in [2.75, 3.05) is 6.54 Å². The Hall–Kier alpha value is -1.62. The number of rotatable bonds is 4. The van der Waals surface area contributed by atoms with Gasteiger partial charge in [-0.25, -0.2) is 9.78 Å². The second kappa shape index (κ2) is 5.14. The number of amides is 1. The average Bonchev–Trinajstić information content (AvgIpc) is 2.63. The summed E-state index contributed by atoms with van der Waals surface area (Å²) in [7, 11) is 0. The molecule has 1 heterocycles. The Morgan fingerprint density at radius 3 is 3.12 bits per heavy atom. The first kappa shape index (κ1) is 11.9. The number of aromatic nitrogens is 1. The Kier molecular flexibility index (Phi) is 3.58. The van der Waals surface area contributed by atoms with Crippen LogP contribution in [0.5, 0.6) is 0 Å². The minimum atomic E-state index is -0.960. The quantitative estimate of drug-likeness (QED) is 0.820. The fraction of sp³-hybridized carbons (Fsp3) is 0.333. The van der Waals surface area contributed by atoms with Crippen LogP contribution in [-0.2, 0) is 6.42 Å². The van der Waals surface area contributed by atoms with Crippen LogP contribution in [0.3, 0.4) is 0 Å². The van der Waals surface area contributed by atoms with Crippen molar-refractivity contribution in [1.82, 2.24) is 10.3 Å². The molecule has 2 aromatic rings. The van der Waals surface area contributed by atoms with Crippen LogP contribution < -0.4 is 5.32 Å². The minimum Gasteiger partial charge on any atom is -0.465 e. The average molecular weight is 250 g/mol. The highest BCUT2D eigenvalue weighted by atomic mass is 32.1. The third-order valence-electron chi connectivity index (χ3n) is 2.48. The van der Waals surface area contributed by atoms with Gasteiger partial charge in [-0.15, -0.1) is 11.3 Å². The van der Waals surface area contributed by atoms with E-state index in [2.05, 4.69) is 22.4 Å². The van der Waals surface area contributed by atoms with Crippen molar-refractivity contribution in [3.8, 4) is 0 Å². The SMILES string of the molecule is Cc1nc2ccc(CCCNC(=O)O)cc2s1. The second-order valence-electron chi connectivity index (χ2n) is 3.87. The van der Waals surface area contributed by atoms with Gasteiger partial charge in [0, 0.05) is 6.54 Å². The van der Waals surface area contributed by atoms with Gasteiger partial charge in [0.25, 0.3) is 0 Å².